The van der Waals surface area contributed by atoms with Crippen LogP contribution in [0.15, 0.2) is 48.5 Å². The molecular formula is C22H27N5O3. The zero-order valence-electron chi connectivity index (χ0n) is 17.9. The number of carbonyl (C=O) groups is 1. The van der Waals surface area contributed by atoms with Gasteiger partial charge in [-0.2, -0.15) is 4.68 Å². The van der Waals surface area contributed by atoms with Gasteiger partial charge in [-0.3, -0.25) is 4.79 Å². The van der Waals surface area contributed by atoms with Crippen molar-refractivity contribution in [3.8, 4) is 17.2 Å². The zero-order valence-corrected chi connectivity index (χ0v) is 17.9. The predicted molar refractivity (Wildman–Crippen MR) is 116 cm³/mol. The number of aromatic nitrogens is 3. The molecule has 0 radical (unpaired) electrons. The fourth-order valence-electron chi connectivity index (χ4n) is 3.29. The molecule has 0 saturated carbocycles. The number of Topliss-reactive ketones (excluding diaryl/α,β-unsaturated/α-hetero) is 1. The van der Waals surface area contributed by atoms with Crippen LogP contribution in [-0.2, 0) is 0 Å². The SMILES string of the molecule is COc1ccc(-n2nnc(C(C)=O)c2NCC(c2ccccc2OC)N(C)C)cc1. The van der Waals surface area contributed by atoms with Gasteiger partial charge in [0.05, 0.1) is 25.9 Å². The Bertz CT molecular complexity index is 998. The smallest absolute Gasteiger partial charge is 0.183 e. The van der Waals surface area contributed by atoms with Crippen LogP contribution in [-0.4, -0.2) is 60.5 Å². The summed E-state index contributed by atoms with van der Waals surface area (Å²) in [6.45, 7) is 2.01. The highest BCUT2D eigenvalue weighted by Crippen LogP contribution is 2.29. The molecule has 1 aromatic heterocycles. The molecule has 30 heavy (non-hydrogen) atoms. The average Bonchev–Trinajstić information content (AvgIpc) is 3.18. The van der Waals surface area contributed by atoms with E-state index in [2.05, 4.69) is 20.5 Å². The van der Waals surface area contributed by atoms with E-state index in [4.69, 9.17) is 9.47 Å². The summed E-state index contributed by atoms with van der Waals surface area (Å²) in [5.41, 5.74) is 2.12. The Morgan fingerprint density at radius 1 is 1.10 bits per heavy atom. The number of ketones is 1. The van der Waals surface area contributed by atoms with Gasteiger partial charge in [0.25, 0.3) is 0 Å². The van der Waals surface area contributed by atoms with Gasteiger partial charge < -0.3 is 19.7 Å². The largest absolute Gasteiger partial charge is 0.497 e. The molecule has 1 atom stereocenters. The molecule has 158 valence electrons. The first-order chi connectivity index (χ1) is 14.5. The molecular weight excluding hydrogens is 382 g/mol. The summed E-state index contributed by atoms with van der Waals surface area (Å²) in [6, 6.07) is 15.3. The second-order valence-electron chi connectivity index (χ2n) is 7.05. The number of hydrogen-bond donors (Lipinski definition) is 1. The van der Waals surface area contributed by atoms with Gasteiger partial charge in [0.1, 0.15) is 11.5 Å². The molecule has 0 saturated heterocycles. The molecule has 8 heteroatoms. The summed E-state index contributed by atoms with van der Waals surface area (Å²) >= 11 is 0. The molecule has 0 fully saturated rings. The standard InChI is InChI=1S/C22H27N5O3/c1-15(28)21-22(27(25-24-21)16-10-12-17(29-4)13-11-16)23-14-19(26(2)3)18-8-6-7-9-20(18)30-5/h6-13,19,23H,14H2,1-5H3. The van der Waals surface area contributed by atoms with Crippen molar-refractivity contribution in [1.82, 2.24) is 19.9 Å². The Hall–Kier alpha value is -3.39. The van der Waals surface area contributed by atoms with Gasteiger partial charge in [-0.25, -0.2) is 0 Å². The minimum absolute atomic E-state index is 0.000163. The first-order valence-electron chi connectivity index (χ1n) is 9.60. The normalized spacial score (nSPS) is 11.9. The number of benzene rings is 2. The van der Waals surface area contributed by atoms with Crippen molar-refractivity contribution in [2.24, 2.45) is 0 Å². The van der Waals surface area contributed by atoms with E-state index in [1.807, 2.05) is 62.6 Å². The minimum atomic E-state index is -0.157. The van der Waals surface area contributed by atoms with Gasteiger partial charge in [-0.1, -0.05) is 23.4 Å². The fourth-order valence-corrected chi connectivity index (χ4v) is 3.29. The number of nitrogens with one attached hydrogen (secondary N) is 1. The number of hydrogen-bond acceptors (Lipinski definition) is 7. The second-order valence-corrected chi connectivity index (χ2v) is 7.05. The number of methoxy groups -OCH3 is 2. The maximum atomic E-state index is 12.2. The van der Waals surface area contributed by atoms with Crippen LogP contribution in [0.1, 0.15) is 29.0 Å². The Balaban J connectivity index is 1.94. The molecule has 0 aliphatic heterocycles. The lowest BCUT2D eigenvalue weighted by Gasteiger charge is -2.27. The monoisotopic (exact) mass is 409 g/mol. The van der Waals surface area contributed by atoms with E-state index in [1.165, 1.54) is 6.92 Å². The summed E-state index contributed by atoms with van der Waals surface area (Å²) in [5, 5.41) is 11.7. The molecule has 0 bridgehead atoms. The fraction of sp³-hybridized carbons (Fsp3) is 0.318. The molecule has 3 rings (SSSR count). The van der Waals surface area contributed by atoms with Crippen LogP contribution in [0.3, 0.4) is 0 Å². The number of rotatable bonds is 9. The molecule has 2 aromatic carbocycles. The Kier molecular flexibility index (Phi) is 6.68. The Labute approximate surface area is 176 Å². The molecule has 8 nitrogen and oxygen atoms in total. The molecule has 1 heterocycles. The van der Waals surface area contributed by atoms with Crippen LogP contribution in [0.25, 0.3) is 5.69 Å². The van der Waals surface area contributed by atoms with Crippen LogP contribution in [0.2, 0.25) is 0 Å². The summed E-state index contributed by atoms with van der Waals surface area (Å²) < 4.78 is 12.4. The molecule has 0 aliphatic carbocycles. The van der Waals surface area contributed by atoms with Crippen molar-refractivity contribution in [3.05, 3.63) is 59.8 Å². The molecule has 3 aromatic rings. The molecule has 1 N–H and O–H groups in total. The summed E-state index contributed by atoms with van der Waals surface area (Å²) in [6.07, 6.45) is 0. The summed E-state index contributed by atoms with van der Waals surface area (Å²) in [7, 11) is 7.29. The van der Waals surface area contributed by atoms with E-state index in [0.717, 1.165) is 22.7 Å². The quantitative estimate of drug-likeness (QED) is 0.544. The van der Waals surface area contributed by atoms with Crippen LogP contribution < -0.4 is 14.8 Å². The lowest BCUT2D eigenvalue weighted by atomic mass is 10.0. The highest BCUT2D eigenvalue weighted by Gasteiger charge is 2.22. The van der Waals surface area contributed by atoms with Crippen molar-refractivity contribution < 1.29 is 14.3 Å². The third-order valence-electron chi connectivity index (χ3n) is 4.90. The van der Waals surface area contributed by atoms with Crippen molar-refractivity contribution in [3.63, 3.8) is 0 Å². The van der Waals surface area contributed by atoms with Crippen LogP contribution in [0.4, 0.5) is 5.82 Å². The van der Waals surface area contributed by atoms with E-state index in [9.17, 15) is 4.79 Å². The maximum absolute atomic E-state index is 12.2. The molecule has 0 aliphatic rings. The van der Waals surface area contributed by atoms with Crippen molar-refractivity contribution in [1.29, 1.82) is 0 Å². The van der Waals surface area contributed by atoms with Gasteiger partial charge in [-0.05, 0) is 44.4 Å². The lowest BCUT2D eigenvalue weighted by Crippen LogP contribution is -2.28. The average molecular weight is 409 g/mol. The van der Waals surface area contributed by atoms with Gasteiger partial charge in [-0.15, -0.1) is 5.10 Å². The minimum Gasteiger partial charge on any atom is -0.497 e. The molecule has 0 spiro atoms. The highest BCUT2D eigenvalue weighted by atomic mass is 16.5. The van der Waals surface area contributed by atoms with E-state index in [1.54, 1.807) is 18.9 Å². The maximum Gasteiger partial charge on any atom is 0.183 e. The molecule has 0 amide bonds. The third-order valence-corrected chi connectivity index (χ3v) is 4.90. The predicted octanol–water partition coefficient (Wildman–Crippen LogP) is 3.20. The lowest BCUT2D eigenvalue weighted by molar-refractivity contribution is 0.101. The van der Waals surface area contributed by atoms with Crippen molar-refractivity contribution in [2.75, 3.05) is 40.2 Å². The Morgan fingerprint density at radius 3 is 2.40 bits per heavy atom. The Morgan fingerprint density at radius 2 is 1.80 bits per heavy atom. The second kappa shape index (κ2) is 9.41. The highest BCUT2D eigenvalue weighted by molar-refractivity contribution is 5.96. The van der Waals surface area contributed by atoms with Gasteiger partial charge in [0.2, 0.25) is 0 Å². The van der Waals surface area contributed by atoms with Gasteiger partial charge >= 0.3 is 0 Å². The number of carbonyl (C=O) groups excluding carboxylic acids is 1. The molecule has 1 unspecified atom stereocenters. The number of ether oxygens (including phenoxy) is 2. The van der Waals surface area contributed by atoms with Gasteiger partial charge in [0, 0.05) is 19.0 Å². The van der Waals surface area contributed by atoms with E-state index < -0.39 is 0 Å². The topological polar surface area (TPSA) is 81.5 Å². The van der Waals surface area contributed by atoms with Gasteiger partial charge in [0.15, 0.2) is 17.3 Å². The van der Waals surface area contributed by atoms with E-state index in [-0.39, 0.29) is 11.8 Å². The first kappa shape index (κ1) is 21.3. The van der Waals surface area contributed by atoms with E-state index in [0.29, 0.717) is 18.1 Å². The summed E-state index contributed by atoms with van der Waals surface area (Å²) in [4.78, 5) is 14.3. The van der Waals surface area contributed by atoms with Crippen LogP contribution >= 0.6 is 0 Å². The third kappa shape index (κ3) is 4.44. The van der Waals surface area contributed by atoms with Crippen molar-refractivity contribution in [2.45, 2.75) is 13.0 Å². The summed E-state index contributed by atoms with van der Waals surface area (Å²) in [5.74, 6) is 1.95. The number of likely N-dealkylation sites (N-methyl/N-ethyl adjacent to an activating group) is 1. The zero-order chi connectivity index (χ0) is 21.7. The van der Waals surface area contributed by atoms with Crippen LogP contribution in [0, 0.1) is 0 Å². The van der Waals surface area contributed by atoms with Crippen molar-refractivity contribution >= 4 is 11.6 Å². The van der Waals surface area contributed by atoms with E-state index >= 15 is 0 Å². The van der Waals surface area contributed by atoms with Crippen LogP contribution in [0.5, 0.6) is 11.5 Å². The number of anilines is 1. The number of nitrogens with zero attached hydrogens (tertiary/aromatic N) is 4. The number of para-hydroxylation sites is 1. The first-order valence-corrected chi connectivity index (χ1v) is 9.60.